The van der Waals surface area contributed by atoms with Crippen LogP contribution in [0.15, 0.2) is 24.3 Å². The number of fused-ring (bicyclic) bond motifs is 1. The van der Waals surface area contributed by atoms with Gasteiger partial charge in [-0.05, 0) is 25.5 Å². The van der Waals surface area contributed by atoms with Crippen molar-refractivity contribution in [2.75, 3.05) is 13.2 Å². The van der Waals surface area contributed by atoms with Crippen LogP contribution >= 0.6 is 0 Å². The molecule has 1 aromatic heterocycles. The van der Waals surface area contributed by atoms with Crippen molar-refractivity contribution >= 4 is 10.9 Å². The van der Waals surface area contributed by atoms with Crippen LogP contribution in [0.4, 0.5) is 0 Å². The van der Waals surface area contributed by atoms with Crippen molar-refractivity contribution < 1.29 is 4.74 Å². The summed E-state index contributed by atoms with van der Waals surface area (Å²) < 4.78 is 7.83. The van der Waals surface area contributed by atoms with Crippen LogP contribution in [0.1, 0.15) is 25.5 Å². The Kier molecular flexibility index (Phi) is 3.80. The van der Waals surface area contributed by atoms with Gasteiger partial charge in [0.2, 0.25) is 0 Å². The Labute approximate surface area is 113 Å². The van der Waals surface area contributed by atoms with Crippen molar-refractivity contribution in [2.45, 2.75) is 39.0 Å². The zero-order chi connectivity index (χ0) is 13.1. The molecule has 1 unspecified atom stereocenters. The Morgan fingerprint density at radius 3 is 3.11 bits per heavy atom. The summed E-state index contributed by atoms with van der Waals surface area (Å²) in [6.45, 7) is 5.68. The molecule has 2 heterocycles. The highest BCUT2D eigenvalue weighted by Crippen LogP contribution is 2.21. The average molecular weight is 259 g/mol. The first-order valence-corrected chi connectivity index (χ1v) is 7.15. The number of hydrogen-bond donors (Lipinski definition) is 1. The Balaban J connectivity index is 1.89. The maximum Gasteiger partial charge on any atom is 0.0841 e. The average Bonchev–Trinajstić information content (AvgIpc) is 3.06. The highest BCUT2D eigenvalue weighted by molar-refractivity contribution is 5.81. The highest BCUT2D eigenvalue weighted by Gasteiger charge is 2.18. The van der Waals surface area contributed by atoms with E-state index in [1.165, 1.54) is 17.3 Å². The third kappa shape index (κ3) is 2.65. The summed E-state index contributed by atoms with van der Waals surface area (Å²) in [5, 5.41) is 9.37. The van der Waals surface area contributed by atoms with E-state index in [2.05, 4.69) is 41.2 Å². The number of nitrogens with zero attached hydrogens (tertiary/aromatic N) is 2. The van der Waals surface area contributed by atoms with E-state index in [9.17, 15) is 0 Å². The molecule has 1 aliphatic heterocycles. The summed E-state index contributed by atoms with van der Waals surface area (Å²) in [5.74, 6) is 0. The topological polar surface area (TPSA) is 39.1 Å². The molecule has 1 aromatic carbocycles. The quantitative estimate of drug-likeness (QED) is 0.895. The van der Waals surface area contributed by atoms with Gasteiger partial charge in [-0.15, -0.1) is 0 Å². The fraction of sp³-hybridized carbons (Fsp3) is 0.533. The molecule has 3 rings (SSSR count). The lowest BCUT2D eigenvalue weighted by Crippen LogP contribution is -2.17. The predicted molar refractivity (Wildman–Crippen MR) is 76.1 cm³/mol. The summed E-state index contributed by atoms with van der Waals surface area (Å²) in [6, 6.07) is 8.46. The molecule has 0 radical (unpaired) electrons. The lowest BCUT2D eigenvalue weighted by Gasteiger charge is -2.10. The second-order valence-corrected chi connectivity index (χ2v) is 5.06. The summed E-state index contributed by atoms with van der Waals surface area (Å²) in [4.78, 5) is 0. The summed E-state index contributed by atoms with van der Waals surface area (Å²) in [5.41, 5.74) is 2.35. The summed E-state index contributed by atoms with van der Waals surface area (Å²) in [7, 11) is 0. The van der Waals surface area contributed by atoms with Gasteiger partial charge in [0.25, 0.3) is 0 Å². The van der Waals surface area contributed by atoms with Crippen LogP contribution < -0.4 is 5.32 Å². The second-order valence-electron chi connectivity index (χ2n) is 5.06. The van der Waals surface area contributed by atoms with Crippen molar-refractivity contribution in [3.8, 4) is 0 Å². The first-order chi connectivity index (χ1) is 9.38. The van der Waals surface area contributed by atoms with E-state index < -0.39 is 0 Å². The number of nitrogens with one attached hydrogen (secondary N) is 1. The maximum atomic E-state index is 5.72. The summed E-state index contributed by atoms with van der Waals surface area (Å²) >= 11 is 0. The van der Waals surface area contributed by atoms with Crippen LogP contribution in [0.25, 0.3) is 10.9 Å². The third-order valence-electron chi connectivity index (χ3n) is 3.68. The van der Waals surface area contributed by atoms with E-state index in [4.69, 9.17) is 9.84 Å². The first kappa shape index (κ1) is 12.6. The minimum atomic E-state index is 0.329. The number of ether oxygens (including phenoxy) is 1. The molecule has 0 amide bonds. The fourth-order valence-corrected chi connectivity index (χ4v) is 2.69. The molecule has 4 heteroatoms. The van der Waals surface area contributed by atoms with E-state index in [0.29, 0.717) is 6.10 Å². The number of benzene rings is 1. The molecule has 102 valence electrons. The monoisotopic (exact) mass is 259 g/mol. The van der Waals surface area contributed by atoms with Gasteiger partial charge in [0.15, 0.2) is 0 Å². The number of hydrogen-bond acceptors (Lipinski definition) is 3. The van der Waals surface area contributed by atoms with Crippen LogP contribution in [0.3, 0.4) is 0 Å². The second kappa shape index (κ2) is 5.72. The van der Waals surface area contributed by atoms with E-state index in [1.807, 2.05) is 0 Å². The minimum Gasteiger partial charge on any atom is -0.376 e. The third-order valence-corrected chi connectivity index (χ3v) is 3.68. The Hall–Kier alpha value is -1.39. The standard InChI is InChI=1S/C15H21N3O/c1-2-16-10-14-13-7-3-4-8-15(13)18(17-14)11-12-6-5-9-19-12/h3-4,7-8,12,16H,2,5-6,9-11H2,1H3. The largest absolute Gasteiger partial charge is 0.376 e. The molecule has 0 bridgehead atoms. The van der Waals surface area contributed by atoms with E-state index in [1.54, 1.807) is 0 Å². The van der Waals surface area contributed by atoms with E-state index in [-0.39, 0.29) is 0 Å². The van der Waals surface area contributed by atoms with Gasteiger partial charge in [0, 0.05) is 18.5 Å². The minimum absolute atomic E-state index is 0.329. The van der Waals surface area contributed by atoms with Crippen molar-refractivity contribution in [2.24, 2.45) is 0 Å². The molecule has 1 fully saturated rings. The molecule has 1 N–H and O–H groups in total. The Bertz CT molecular complexity index is 543. The van der Waals surface area contributed by atoms with Gasteiger partial charge >= 0.3 is 0 Å². The molecular formula is C15H21N3O. The van der Waals surface area contributed by atoms with Crippen LogP contribution in [-0.2, 0) is 17.8 Å². The first-order valence-electron chi connectivity index (χ1n) is 7.15. The fourth-order valence-electron chi connectivity index (χ4n) is 2.69. The van der Waals surface area contributed by atoms with Gasteiger partial charge in [0.1, 0.15) is 0 Å². The number of aromatic nitrogens is 2. The normalized spacial score (nSPS) is 19.3. The smallest absolute Gasteiger partial charge is 0.0841 e. The number of rotatable bonds is 5. The Morgan fingerprint density at radius 2 is 2.32 bits per heavy atom. The van der Waals surface area contributed by atoms with Crippen LogP contribution in [0, 0.1) is 0 Å². The predicted octanol–water partition coefficient (Wildman–Crippen LogP) is 2.32. The van der Waals surface area contributed by atoms with Crippen molar-refractivity contribution in [1.82, 2.24) is 15.1 Å². The SMILES string of the molecule is CCNCc1nn(CC2CCCO2)c2ccccc12. The van der Waals surface area contributed by atoms with Crippen molar-refractivity contribution in [1.29, 1.82) is 0 Å². The van der Waals surface area contributed by atoms with Gasteiger partial charge in [-0.25, -0.2) is 0 Å². The molecule has 0 spiro atoms. The van der Waals surface area contributed by atoms with E-state index in [0.717, 1.165) is 38.4 Å². The van der Waals surface area contributed by atoms with Gasteiger partial charge < -0.3 is 10.1 Å². The van der Waals surface area contributed by atoms with Crippen LogP contribution in [0.5, 0.6) is 0 Å². The van der Waals surface area contributed by atoms with Gasteiger partial charge in [-0.2, -0.15) is 5.10 Å². The van der Waals surface area contributed by atoms with Crippen LogP contribution in [0.2, 0.25) is 0 Å². The van der Waals surface area contributed by atoms with Gasteiger partial charge in [-0.1, -0.05) is 25.1 Å². The van der Waals surface area contributed by atoms with Gasteiger partial charge in [0.05, 0.1) is 23.9 Å². The van der Waals surface area contributed by atoms with Crippen LogP contribution in [-0.4, -0.2) is 29.0 Å². The molecule has 19 heavy (non-hydrogen) atoms. The Morgan fingerprint density at radius 1 is 1.42 bits per heavy atom. The zero-order valence-corrected chi connectivity index (χ0v) is 11.4. The molecular weight excluding hydrogens is 238 g/mol. The molecule has 1 saturated heterocycles. The molecule has 0 aliphatic carbocycles. The lowest BCUT2D eigenvalue weighted by atomic mass is 10.2. The number of para-hydroxylation sites is 1. The molecule has 1 atom stereocenters. The molecule has 1 aliphatic rings. The molecule has 2 aromatic rings. The molecule has 0 saturated carbocycles. The summed E-state index contributed by atoms with van der Waals surface area (Å²) in [6.07, 6.45) is 2.65. The lowest BCUT2D eigenvalue weighted by molar-refractivity contribution is 0.0950. The molecule has 4 nitrogen and oxygen atoms in total. The van der Waals surface area contributed by atoms with Gasteiger partial charge in [-0.3, -0.25) is 4.68 Å². The van der Waals surface area contributed by atoms with E-state index >= 15 is 0 Å². The zero-order valence-electron chi connectivity index (χ0n) is 11.4. The highest BCUT2D eigenvalue weighted by atomic mass is 16.5. The maximum absolute atomic E-state index is 5.72. The van der Waals surface area contributed by atoms with Crippen molar-refractivity contribution in [3.05, 3.63) is 30.0 Å². The van der Waals surface area contributed by atoms with Crippen molar-refractivity contribution in [3.63, 3.8) is 0 Å².